The fourth-order valence-corrected chi connectivity index (χ4v) is 2.61. The van der Waals surface area contributed by atoms with E-state index in [4.69, 9.17) is 0 Å². The summed E-state index contributed by atoms with van der Waals surface area (Å²) in [5.74, 6) is -1.02. The van der Waals surface area contributed by atoms with Gasteiger partial charge in [0.1, 0.15) is 5.82 Å². The predicted octanol–water partition coefficient (Wildman–Crippen LogP) is 3.72. The Balaban J connectivity index is 2.33. The van der Waals surface area contributed by atoms with Crippen LogP contribution in [0.25, 0.3) is 0 Å². The molecule has 0 aliphatic carbocycles. The van der Waals surface area contributed by atoms with Gasteiger partial charge in [0.05, 0.1) is 5.69 Å². The largest absolute Gasteiger partial charge is 0.368 e. The third kappa shape index (κ3) is 2.30. The van der Waals surface area contributed by atoms with Crippen LogP contribution >= 0.6 is 15.9 Å². The first-order valence-corrected chi connectivity index (χ1v) is 5.87. The highest BCUT2D eigenvalue weighted by Crippen LogP contribution is 2.32. The molecule has 1 heterocycles. The van der Waals surface area contributed by atoms with Gasteiger partial charge < -0.3 is 4.90 Å². The van der Waals surface area contributed by atoms with Crippen molar-refractivity contribution in [1.82, 2.24) is 0 Å². The van der Waals surface area contributed by atoms with Gasteiger partial charge in [-0.15, -0.1) is 0 Å². The average molecular weight is 276 g/mol. The predicted molar refractivity (Wildman–Crippen MR) is 60.1 cm³/mol. The zero-order valence-electron chi connectivity index (χ0n) is 8.27. The molecule has 1 fully saturated rings. The molecular formula is C11H12BrF2N. The van der Waals surface area contributed by atoms with Gasteiger partial charge in [-0.25, -0.2) is 8.78 Å². The standard InChI is InChI=1S/C11H12BrF2N/c12-9-6-8(13)7-10(14)11(9)15-4-2-1-3-5-15/h6-7H,1-5H2. The summed E-state index contributed by atoms with van der Waals surface area (Å²) in [6, 6.07) is 2.25. The van der Waals surface area contributed by atoms with E-state index in [0.29, 0.717) is 10.2 Å². The van der Waals surface area contributed by atoms with E-state index in [-0.39, 0.29) is 0 Å². The van der Waals surface area contributed by atoms with Crippen LogP contribution in [0.4, 0.5) is 14.5 Å². The average Bonchev–Trinajstić information content (AvgIpc) is 2.17. The number of nitrogens with zero attached hydrogens (tertiary/aromatic N) is 1. The van der Waals surface area contributed by atoms with Crippen LogP contribution in [0.3, 0.4) is 0 Å². The second-order valence-electron chi connectivity index (χ2n) is 3.77. The molecule has 0 aromatic heterocycles. The normalized spacial score (nSPS) is 16.9. The summed E-state index contributed by atoms with van der Waals surface area (Å²) in [7, 11) is 0. The third-order valence-corrected chi connectivity index (χ3v) is 3.26. The highest BCUT2D eigenvalue weighted by Gasteiger charge is 2.18. The molecule has 4 heteroatoms. The van der Waals surface area contributed by atoms with Crippen molar-refractivity contribution < 1.29 is 8.78 Å². The Morgan fingerprint density at radius 3 is 2.33 bits per heavy atom. The van der Waals surface area contributed by atoms with E-state index in [9.17, 15) is 8.78 Å². The lowest BCUT2D eigenvalue weighted by atomic mass is 10.1. The molecule has 1 aliphatic rings. The Hall–Kier alpha value is -0.640. The Kier molecular flexibility index (Phi) is 3.24. The lowest BCUT2D eigenvalue weighted by molar-refractivity contribution is 0.546. The van der Waals surface area contributed by atoms with Gasteiger partial charge in [-0.1, -0.05) is 0 Å². The lowest BCUT2D eigenvalue weighted by Crippen LogP contribution is -2.30. The second-order valence-corrected chi connectivity index (χ2v) is 4.62. The molecule has 1 saturated heterocycles. The van der Waals surface area contributed by atoms with Crippen molar-refractivity contribution in [2.45, 2.75) is 19.3 Å². The van der Waals surface area contributed by atoms with Gasteiger partial charge >= 0.3 is 0 Å². The molecule has 0 amide bonds. The number of anilines is 1. The molecule has 1 nitrogen and oxygen atoms in total. The molecule has 0 saturated carbocycles. The SMILES string of the molecule is Fc1cc(F)c(N2CCCCC2)c(Br)c1. The Bertz CT molecular complexity index is 339. The van der Waals surface area contributed by atoms with Gasteiger partial charge in [0, 0.05) is 23.6 Å². The fraction of sp³-hybridized carbons (Fsp3) is 0.455. The number of hydrogen-bond acceptors (Lipinski definition) is 1. The van der Waals surface area contributed by atoms with Crippen LogP contribution in [0.2, 0.25) is 0 Å². The van der Waals surface area contributed by atoms with Crippen LogP contribution in [0.15, 0.2) is 16.6 Å². The lowest BCUT2D eigenvalue weighted by Gasteiger charge is -2.29. The quantitative estimate of drug-likeness (QED) is 0.755. The fourth-order valence-electron chi connectivity index (χ4n) is 1.95. The Morgan fingerprint density at radius 2 is 1.73 bits per heavy atom. The second kappa shape index (κ2) is 4.47. The summed E-state index contributed by atoms with van der Waals surface area (Å²) in [5, 5.41) is 0. The number of rotatable bonds is 1. The van der Waals surface area contributed by atoms with Gasteiger partial charge in [-0.2, -0.15) is 0 Å². The van der Waals surface area contributed by atoms with Crippen LogP contribution in [-0.4, -0.2) is 13.1 Å². The highest BCUT2D eigenvalue weighted by molar-refractivity contribution is 9.10. The summed E-state index contributed by atoms with van der Waals surface area (Å²) in [4.78, 5) is 1.97. The van der Waals surface area contributed by atoms with Crippen LogP contribution in [0.5, 0.6) is 0 Å². The molecule has 0 radical (unpaired) electrons. The van der Waals surface area contributed by atoms with Gasteiger partial charge in [0.15, 0.2) is 5.82 Å². The first-order chi connectivity index (χ1) is 7.18. The van der Waals surface area contributed by atoms with E-state index < -0.39 is 11.6 Å². The van der Waals surface area contributed by atoms with Crippen molar-refractivity contribution >= 4 is 21.6 Å². The number of piperidine rings is 1. The van der Waals surface area contributed by atoms with Crippen LogP contribution in [0.1, 0.15) is 19.3 Å². The minimum atomic E-state index is -0.542. The molecule has 0 unspecified atom stereocenters. The number of hydrogen-bond donors (Lipinski definition) is 0. The van der Waals surface area contributed by atoms with E-state index in [2.05, 4.69) is 15.9 Å². The summed E-state index contributed by atoms with van der Waals surface area (Å²) < 4.78 is 27.0. The summed E-state index contributed by atoms with van der Waals surface area (Å²) in [6.07, 6.45) is 3.34. The first-order valence-electron chi connectivity index (χ1n) is 5.08. The molecular weight excluding hydrogens is 264 g/mol. The molecule has 0 spiro atoms. The third-order valence-electron chi connectivity index (χ3n) is 2.65. The zero-order chi connectivity index (χ0) is 10.8. The van der Waals surface area contributed by atoms with Crippen LogP contribution in [-0.2, 0) is 0 Å². The molecule has 0 N–H and O–H groups in total. The van der Waals surface area contributed by atoms with Crippen molar-refractivity contribution in [3.05, 3.63) is 28.2 Å². The first kappa shape index (κ1) is 10.9. The van der Waals surface area contributed by atoms with Crippen molar-refractivity contribution in [3.63, 3.8) is 0 Å². The van der Waals surface area contributed by atoms with Crippen molar-refractivity contribution in [1.29, 1.82) is 0 Å². The van der Waals surface area contributed by atoms with E-state index in [0.717, 1.165) is 32.0 Å². The molecule has 15 heavy (non-hydrogen) atoms. The summed E-state index contributed by atoms with van der Waals surface area (Å²) in [6.45, 7) is 1.70. The van der Waals surface area contributed by atoms with E-state index in [1.165, 1.54) is 12.5 Å². The molecule has 1 aromatic carbocycles. The van der Waals surface area contributed by atoms with Crippen molar-refractivity contribution in [2.75, 3.05) is 18.0 Å². The maximum Gasteiger partial charge on any atom is 0.150 e. The van der Waals surface area contributed by atoms with Crippen molar-refractivity contribution in [2.24, 2.45) is 0 Å². The van der Waals surface area contributed by atoms with Crippen molar-refractivity contribution in [3.8, 4) is 0 Å². The molecule has 82 valence electrons. The van der Waals surface area contributed by atoms with Crippen LogP contribution in [0, 0.1) is 11.6 Å². The van der Waals surface area contributed by atoms with Gasteiger partial charge in [0.25, 0.3) is 0 Å². The molecule has 0 bridgehead atoms. The molecule has 2 rings (SSSR count). The Labute approximate surface area is 96.2 Å². The summed E-state index contributed by atoms with van der Waals surface area (Å²) >= 11 is 3.21. The number of benzene rings is 1. The summed E-state index contributed by atoms with van der Waals surface area (Å²) in [5.41, 5.74) is 0.496. The van der Waals surface area contributed by atoms with Crippen LogP contribution < -0.4 is 4.90 Å². The van der Waals surface area contributed by atoms with Gasteiger partial charge in [-0.3, -0.25) is 0 Å². The van der Waals surface area contributed by atoms with Gasteiger partial charge in [-0.05, 0) is 41.3 Å². The van der Waals surface area contributed by atoms with E-state index in [1.807, 2.05) is 4.90 Å². The minimum Gasteiger partial charge on any atom is -0.368 e. The van der Waals surface area contributed by atoms with E-state index in [1.54, 1.807) is 0 Å². The maximum absolute atomic E-state index is 13.6. The minimum absolute atomic E-state index is 0.483. The smallest absolute Gasteiger partial charge is 0.150 e. The maximum atomic E-state index is 13.6. The Morgan fingerprint density at radius 1 is 1.07 bits per heavy atom. The molecule has 1 aliphatic heterocycles. The monoisotopic (exact) mass is 275 g/mol. The highest BCUT2D eigenvalue weighted by atomic mass is 79.9. The van der Waals surface area contributed by atoms with E-state index >= 15 is 0 Å². The zero-order valence-corrected chi connectivity index (χ0v) is 9.86. The molecule has 1 aromatic rings. The molecule has 0 atom stereocenters. The topological polar surface area (TPSA) is 3.24 Å². The van der Waals surface area contributed by atoms with Gasteiger partial charge in [0.2, 0.25) is 0 Å². The number of halogens is 3.